The van der Waals surface area contributed by atoms with Crippen molar-refractivity contribution in [3.05, 3.63) is 83.2 Å². The Kier molecular flexibility index (Phi) is 21.6. The molecular formula is C62H82F10N8O6. The van der Waals surface area contributed by atoms with Crippen molar-refractivity contribution in [2.75, 3.05) is 26.2 Å². The fourth-order valence-electron chi connectivity index (χ4n) is 12.1. The second-order valence-corrected chi connectivity index (χ2v) is 25.6. The molecule has 4 aliphatic rings. The molecule has 2 N–H and O–H groups in total. The number of ether oxygens (including phenoxy) is 2. The molecule has 4 heterocycles. The third-order valence-electron chi connectivity index (χ3n) is 16.0. The molecule has 14 nitrogen and oxygen atoms in total. The van der Waals surface area contributed by atoms with Crippen molar-refractivity contribution in [2.24, 2.45) is 0 Å². The van der Waals surface area contributed by atoms with E-state index in [2.05, 4.69) is 20.8 Å². The van der Waals surface area contributed by atoms with E-state index in [0.29, 0.717) is 25.9 Å². The van der Waals surface area contributed by atoms with E-state index in [9.17, 15) is 63.1 Å². The normalized spacial score (nSPS) is 19.7. The minimum Gasteiger partial charge on any atom is -0.460 e. The third-order valence-corrected chi connectivity index (χ3v) is 16.0. The summed E-state index contributed by atoms with van der Waals surface area (Å²) in [6.07, 6.45) is -2.44. The van der Waals surface area contributed by atoms with Crippen molar-refractivity contribution < 1.29 is 72.6 Å². The molecule has 3 unspecified atom stereocenters. The van der Waals surface area contributed by atoms with Crippen LogP contribution in [-0.4, -0.2) is 127 Å². The van der Waals surface area contributed by atoms with Gasteiger partial charge in [0.05, 0.1) is 60.5 Å². The van der Waals surface area contributed by atoms with E-state index in [1.165, 1.54) is 57.9 Å². The van der Waals surface area contributed by atoms with Crippen LogP contribution >= 0.6 is 0 Å². The number of nitrogens with zero attached hydrogens (tertiary/aromatic N) is 6. The zero-order chi connectivity index (χ0) is 63.2. The summed E-state index contributed by atoms with van der Waals surface area (Å²) in [5.41, 5.74) is -3.10. The molecule has 2 amide bonds. The molecule has 2 aliphatic carbocycles. The quantitative estimate of drug-likeness (QED) is 0.0727. The van der Waals surface area contributed by atoms with Gasteiger partial charge in [-0.2, -0.15) is 36.5 Å². The molecule has 0 spiro atoms. The first-order chi connectivity index (χ1) is 40.0. The Morgan fingerprint density at radius 2 is 0.895 bits per heavy atom. The Bertz CT molecular complexity index is 2760. The first-order valence-electron chi connectivity index (χ1n) is 29.9. The number of amides is 2. The number of halogens is 10. The number of piperidine rings is 2. The van der Waals surface area contributed by atoms with Gasteiger partial charge in [0, 0.05) is 48.1 Å². The summed E-state index contributed by atoms with van der Waals surface area (Å²) in [7, 11) is 0. The lowest BCUT2D eigenvalue weighted by Crippen LogP contribution is -2.49. The fourth-order valence-corrected chi connectivity index (χ4v) is 12.1. The molecule has 24 heteroatoms. The summed E-state index contributed by atoms with van der Waals surface area (Å²) in [5, 5.41) is 14.6. The van der Waals surface area contributed by atoms with E-state index in [1.54, 1.807) is 65.2 Å². The van der Waals surface area contributed by atoms with Crippen molar-refractivity contribution in [1.29, 1.82) is 0 Å². The maximum Gasteiger partial charge on any atom is 0.417 e. The SMILES string of the molecule is CC(CC(CC(=O)OC(C)(C)C)NC(=O)c1cc(-c2ccccc2C(F)(F)F)n(C2CCCC2)n1)N1CCCC(F)(F)C1.CC(C[C@@H](CC(=O)OC(C)(C)C)NC(=O)c1cc(-c2ccccc2C(F)(F)F)n(C2CCCC2)n1)N1CCCC(F)(F)C1. The largest absolute Gasteiger partial charge is 0.460 e. The Morgan fingerprint density at radius 3 is 1.21 bits per heavy atom. The standard InChI is InChI=1S/2C31H41F5N4O3/c2*1-20(39-15-9-14-30(32,33)19-39)16-21(17-27(41)43-29(2,3)4)37-28(42)25-18-26(40(38-25)22-10-5-6-11-22)23-12-7-8-13-24(23)31(34,35)36/h2*7-8,12-13,18,20-22H,5-6,9-11,14-17,19H2,1-4H3,(H,37,42)/t20?,21-;/m0./s1. The average molecular weight is 1230 g/mol. The lowest BCUT2D eigenvalue weighted by molar-refractivity contribution is -0.156. The number of hydrogen-bond donors (Lipinski definition) is 2. The summed E-state index contributed by atoms with van der Waals surface area (Å²) in [6, 6.07) is 10.5. The summed E-state index contributed by atoms with van der Waals surface area (Å²) >= 11 is 0. The lowest BCUT2D eigenvalue weighted by atomic mass is 9.99. The number of rotatable bonds is 18. The van der Waals surface area contributed by atoms with E-state index in [4.69, 9.17) is 9.47 Å². The van der Waals surface area contributed by atoms with Gasteiger partial charge in [0.15, 0.2) is 11.4 Å². The minimum atomic E-state index is -4.61. The van der Waals surface area contributed by atoms with Gasteiger partial charge in [0.1, 0.15) is 11.2 Å². The van der Waals surface area contributed by atoms with Gasteiger partial charge in [0.25, 0.3) is 23.7 Å². The number of nitrogens with one attached hydrogen (secondary N) is 2. The van der Waals surface area contributed by atoms with Crippen LogP contribution in [-0.2, 0) is 31.4 Å². The van der Waals surface area contributed by atoms with E-state index >= 15 is 0 Å². The average Bonchev–Trinajstić information content (AvgIpc) is 2.02. The molecule has 4 atom stereocenters. The van der Waals surface area contributed by atoms with E-state index < -0.39 is 95.5 Å². The molecule has 86 heavy (non-hydrogen) atoms. The highest BCUT2D eigenvalue weighted by Crippen LogP contribution is 2.42. The highest BCUT2D eigenvalue weighted by atomic mass is 19.4. The number of carbonyl (C=O) groups excluding carboxylic acids is 4. The van der Waals surface area contributed by atoms with Gasteiger partial charge >= 0.3 is 24.3 Å². The van der Waals surface area contributed by atoms with Gasteiger partial charge in [0.2, 0.25) is 0 Å². The summed E-state index contributed by atoms with van der Waals surface area (Å²) < 4.78 is 154. The summed E-state index contributed by atoms with van der Waals surface area (Å²) in [6.45, 7) is 14.0. The molecule has 2 saturated heterocycles. The van der Waals surface area contributed by atoms with Crippen molar-refractivity contribution in [2.45, 2.75) is 230 Å². The zero-order valence-corrected chi connectivity index (χ0v) is 50.3. The maximum absolute atomic E-state index is 14.1. The number of aromatic nitrogens is 4. The van der Waals surface area contributed by atoms with Crippen LogP contribution in [0.4, 0.5) is 43.9 Å². The summed E-state index contributed by atoms with van der Waals surface area (Å²) in [5.74, 6) is -8.07. The highest BCUT2D eigenvalue weighted by molar-refractivity contribution is 5.95. The fraction of sp³-hybridized carbons (Fsp3) is 0.645. The van der Waals surface area contributed by atoms with Gasteiger partial charge in [-0.15, -0.1) is 0 Å². The van der Waals surface area contributed by atoms with Crippen molar-refractivity contribution in [1.82, 2.24) is 40.0 Å². The van der Waals surface area contributed by atoms with Crippen LogP contribution in [0.2, 0.25) is 0 Å². The smallest absolute Gasteiger partial charge is 0.417 e. The molecule has 4 fully saturated rings. The van der Waals surface area contributed by atoms with E-state index in [1.807, 2.05) is 0 Å². The van der Waals surface area contributed by atoms with Crippen LogP contribution < -0.4 is 10.6 Å². The number of likely N-dealkylation sites (tertiary alicyclic amines) is 2. The predicted octanol–water partition coefficient (Wildman–Crippen LogP) is 14.0. The summed E-state index contributed by atoms with van der Waals surface area (Å²) in [4.78, 5) is 56.0. The van der Waals surface area contributed by atoms with Crippen molar-refractivity contribution in [3.8, 4) is 22.5 Å². The second-order valence-electron chi connectivity index (χ2n) is 25.6. The van der Waals surface area contributed by atoms with E-state index in [-0.39, 0.29) is 96.6 Å². The second kappa shape index (κ2) is 27.6. The highest BCUT2D eigenvalue weighted by Gasteiger charge is 2.41. The van der Waals surface area contributed by atoms with Crippen LogP contribution in [0.15, 0.2) is 60.7 Å². The van der Waals surface area contributed by atoms with Crippen LogP contribution in [0.25, 0.3) is 22.5 Å². The molecule has 4 aromatic rings. The molecular weight excluding hydrogens is 1140 g/mol. The number of alkyl halides is 10. The Balaban J connectivity index is 0.000000246. The van der Waals surface area contributed by atoms with Gasteiger partial charge in [-0.1, -0.05) is 62.1 Å². The number of esters is 2. The zero-order valence-electron chi connectivity index (χ0n) is 50.3. The predicted molar refractivity (Wildman–Crippen MR) is 303 cm³/mol. The van der Waals surface area contributed by atoms with Crippen LogP contribution in [0.3, 0.4) is 0 Å². The minimum absolute atomic E-state index is 0.0709. The molecule has 476 valence electrons. The van der Waals surface area contributed by atoms with Crippen LogP contribution in [0.1, 0.15) is 202 Å². The number of benzene rings is 2. The molecule has 2 aromatic heterocycles. The Hall–Kier alpha value is -6.04. The first kappa shape index (κ1) is 67.5. The number of hydrogen-bond acceptors (Lipinski definition) is 10. The van der Waals surface area contributed by atoms with Crippen molar-refractivity contribution in [3.63, 3.8) is 0 Å². The van der Waals surface area contributed by atoms with Crippen LogP contribution in [0, 0.1) is 0 Å². The van der Waals surface area contributed by atoms with Gasteiger partial charge in [-0.05, 0) is 144 Å². The topological polar surface area (TPSA) is 153 Å². The Morgan fingerprint density at radius 1 is 0.558 bits per heavy atom. The van der Waals surface area contributed by atoms with Crippen molar-refractivity contribution >= 4 is 23.8 Å². The molecule has 0 radical (unpaired) electrons. The van der Waals surface area contributed by atoms with Gasteiger partial charge in [-0.3, -0.25) is 38.3 Å². The Labute approximate surface area is 496 Å². The van der Waals surface area contributed by atoms with Gasteiger partial charge < -0.3 is 20.1 Å². The molecule has 0 bridgehead atoms. The van der Waals surface area contributed by atoms with Gasteiger partial charge in [-0.25, -0.2) is 17.6 Å². The maximum atomic E-state index is 14.1. The lowest BCUT2D eigenvalue weighted by Gasteiger charge is -2.37. The molecule has 2 aromatic carbocycles. The molecule has 2 saturated carbocycles. The van der Waals surface area contributed by atoms with Crippen LogP contribution in [0.5, 0.6) is 0 Å². The molecule has 8 rings (SSSR count). The number of carbonyl (C=O) groups is 4. The molecule has 2 aliphatic heterocycles. The monoisotopic (exact) mass is 1220 g/mol. The third kappa shape index (κ3) is 19.0. The van der Waals surface area contributed by atoms with E-state index in [0.717, 1.165) is 63.5 Å². The first-order valence-corrected chi connectivity index (χ1v) is 29.9.